The van der Waals surface area contributed by atoms with Gasteiger partial charge >= 0.3 is 6.18 Å². The topological polar surface area (TPSA) is 60.4 Å². The number of likely N-dealkylation sites (tertiary alicyclic amines) is 1. The van der Waals surface area contributed by atoms with E-state index in [4.69, 9.17) is 4.74 Å². The first-order valence-corrected chi connectivity index (χ1v) is 9.17. The molecule has 0 spiro atoms. The van der Waals surface area contributed by atoms with E-state index in [1.54, 1.807) is 28.1 Å². The van der Waals surface area contributed by atoms with Crippen molar-refractivity contribution in [3.8, 4) is 0 Å². The minimum absolute atomic E-state index is 0. The fourth-order valence-electron chi connectivity index (χ4n) is 2.91. The fourth-order valence-corrected chi connectivity index (χ4v) is 2.91. The molecule has 1 rings (SSSR count). The minimum atomic E-state index is -4.19. The monoisotopic (exact) mass is 523 g/mol. The second-order valence-corrected chi connectivity index (χ2v) is 6.89. The highest BCUT2D eigenvalue weighted by molar-refractivity contribution is 14.0. The molecular formula is C17H33F3IN5O2. The zero-order valence-electron chi connectivity index (χ0n) is 17.1. The molecule has 0 aromatic rings. The molecule has 0 bridgehead atoms. The average Bonchev–Trinajstić information content (AvgIpc) is 3.04. The number of rotatable bonds is 9. The lowest BCUT2D eigenvalue weighted by Gasteiger charge is -2.26. The third-order valence-electron chi connectivity index (χ3n) is 4.40. The molecule has 1 aliphatic heterocycles. The number of hydrogen-bond donors (Lipinski definition) is 1. The van der Waals surface area contributed by atoms with Crippen molar-refractivity contribution in [2.45, 2.75) is 19.5 Å². The third-order valence-corrected chi connectivity index (χ3v) is 4.40. The van der Waals surface area contributed by atoms with Gasteiger partial charge in [0.15, 0.2) is 5.96 Å². The molecule has 166 valence electrons. The highest BCUT2D eigenvalue weighted by atomic mass is 127. The van der Waals surface area contributed by atoms with E-state index in [0.29, 0.717) is 45.3 Å². The zero-order valence-corrected chi connectivity index (χ0v) is 19.4. The van der Waals surface area contributed by atoms with E-state index < -0.39 is 12.7 Å². The van der Waals surface area contributed by atoms with Gasteiger partial charge in [-0.1, -0.05) is 6.92 Å². The van der Waals surface area contributed by atoms with E-state index in [-0.39, 0.29) is 42.3 Å². The van der Waals surface area contributed by atoms with Crippen molar-refractivity contribution in [3.05, 3.63) is 0 Å². The molecule has 0 saturated carbocycles. The number of amides is 1. The summed E-state index contributed by atoms with van der Waals surface area (Å²) in [5.41, 5.74) is 0. The Labute approximate surface area is 182 Å². The summed E-state index contributed by atoms with van der Waals surface area (Å²) in [5.74, 6) is 0.619. The van der Waals surface area contributed by atoms with E-state index in [1.165, 1.54) is 9.80 Å². The van der Waals surface area contributed by atoms with Crippen LogP contribution in [-0.4, -0.2) is 106 Å². The SMILES string of the molecule is CCN(CC1CCN(C(=NCC(=O)N(C)C)NCCOC)C1)CC(F)(F)F.I. The maximum atomic E-state index is 12.7. The summed E-state index contributed by atoms with van der Waals surface area (Å²) in [6, 6.07) is 0. The molecule has 1 amide bonds. The number of likely N-dealkylation sites (N-methyl/N-ethyl adjacent to an activating group) is 1. The first-order chi connectivity index (χ1) is 12.7. The first kappa shape index (κ1) is 27.2. The standard InChI is InChI=1S/C17H32F3N5O2.HI/c1-5-24(13-17(18,19)20)11-14-6-8-25(12-14)16(21-7-9-27-4)22-10-15(26)23(2)3;/h14H,5-13H2,1-4H3,(H,21,22);1H. The van der Waals surface area contributed by atoms with Gasteiger partial charge < -0.3 is 19.9 Å². The Morgan fingerprint density at radius 1 is 1.36 bits per heavy atom. The molecule has 1 unspecified atom stereocenters. The number of aliphatic imine (C=N–C) groups is 1. The van der Waals surface area contributed by atoms with Crippen molar-refractivity contribution in [1.29, 1.82) is 0 Å². The summed E-state index contributed by atoms with van der Waals surface area (Å²) in [6.45, 7) is 3.99. The molecule has 0 aromatic heterocycles. The number of hydrogen-bond acceptors (Lipinski definition) is 4. The predicted molar refractivity (Wildman–Crippen MR) is 114 cm³/mol. The van der Waals surface area contributed by atoms with Crippen molar-refractivity contribution in [1.82, 2.24) is 20.0 Å². The molecule has 7 nitrogen and oxygen atoms in total. The van der Waals surface area contributed by atoms with Crippen LogP contribution in [0.1, 0.15) is 13.3 Å². The molecule has 1 aliphatic rings. The lowest BCUT2D eigenvalue weighted by molar-refractivity contribution is -0.146. The number of nitrogens with zero attached hydrogens (tertiary/aromatic N) is 4. The van der Waals surface area contributed by atoms with Gasteiger partial charge in [0.25, 0.3) is 0 Å². The summed E-state index contributed by atoms with van der Waals surface area (Å²) in [6.07, 6.45) is -3.39. The lowest BCUT2D eigenvalue weighted by Crippen LogP contribution is -2.43. The van der Waals surface area contributed by atoms with Crippen LogP contribution in [0, 0.1) is 5.92 Å². The molecule has 0 aromatic carbocycles. The number of nitrogens with one attached hydrogen (secondary N) is 1. The Hall–Kier alpha value is -0.820. The fraction of sp³-hybridized carbons (Fsp3) is 0.882. The van der Waals surface area contributed by atoms with Crippen LogP contribution in [0.3, 0.4) is 0 Å². The second kappa shape index (κ2) is 13.4. The Morgan fingerprint density at radius 2 is 2.04 bits per heavy atom. The summed E-state index contributed by atoms with van der Waals surface area (Å²) in [5, 5.41) is 3.17. The third kappa shape index (κ3) is 10.6. The highest BCUT2D eigenvalue weighted by Gasteiger charge is 2.33. The molecular weight excluding hydrogens is 490 g/mol. The normalized spacial score (nSPS) is 17.6. The van der Waals surface area contributed by atoms with Gasteiger partial charge in [-0.2, -0.15) is 13.2 Å². The van der Waals surface area contributed by atoms with Gasteiger partial charge in [-0.05, 0) is 18.9 Å². The molecule has 1 saturated heterocycles. The Bertz CT molecular complexity index is 492. The van der Waals surface area contributed by atoms with E-state index in [9.17, 15) is 18.0 Å². The zero-order chi connectivity index (χ0) is 20.4. The Kier molecular flexibility index (Phi) is 13.0. The molecule has 1 atom stereocenters. The summed E-state index contributed by atoms with van der Waals surface area (Å²) in [7, 11) is 4.93. The number of methoxy groups -OCH3 is 1. The summed E-state index contributed by atoms with van der Waals surface area (Å²) in [4.78, 5) is 21.1. The van der Waals surface area contributed by atoms with Gasteiger partial charge in [0.1, 0.15) is 6.54 Å². The van der Waals surface area contributed by atoms with Gasteiger partial charge in [-0.3, -0.25) is 9.69 Å². The van der Waals surface area contributed by atoms with Crippen LogP contribution in [0.25, 0.3) is 0 Å². The van der Waals surface area contributed by atoms with E-state index in [2.05, 4.69) is 10.3 Å². The average molecular weight is 523 g/mol. The highest BCUT2D eigenvalue weighted by Crippen LogP contribution is 2.21. The maximum absolute atomic E-state index is 12.7. The molecule has 0 aliphatic carbocycles. The van der Waals surface area contributed by atoms with Crippen molar-refractivity contribution >= 4 is 35.8 Å². The largest absolute Gasteiger partial charge is 0.401 e. The van der Waals surface area contributed by atoms with Gasteiger partial charge in [-0.25, -0.2) is 4.99 Å². The number of halogens is 4. The number of carbonyl (C=O) groups is 1. The van der Waals surface area contributed by atoms with Crippen LogP contribution in [0.15, 0.2) is 4.99 Å². The molecule has 11 heteroatoms. The van der Waals surface area contributed by atoms with Gasteiger partial charge in [0.05, 0.1) is 13.2 Å². The van der Waals surface area contributed by atoms with Crippen LogP contribution in [0.2, 0.25) is 0 Å². The quantitative estimate of drug-likeness (QED) is 0.215. The lowest BCUT2D eigenvalue weighted by atomic mass is 10.1. The van der Waals surface area contributed by atoms with Crippen molar-refractivity contribution in [2.75, 3.05) is 73.6 Å². The molecule has 1 heterocycles. The number of alkyl halides is 3. The molecule has 28 heavy (non-hydrogen) atoms. The van der Waals surface area contributed by atoms with Crippen LogP contribution >= 0.6 is 24.0 Å². The molecule has 0 radical (unpaired) electrons. The van der Waals surface area contributed by atoms with Crippen molar-refractivity contribution < 1.29 is 22.7 Å². The Balaban J connectivity index is 0.00000729. The predicted octanol–water partition coefficient (Wildman–Crippen LogP) is 1.49. The number of guanidine groups is 1. The van der Waals surface area contributed by atoms with Crippen LogP contribution < -0.4 is 5.32 Å². The van der Waals surface area contributed by atoms with Gasteiger partial charge in [0.2, 0.25) is 5.91 Å². The number of ether oxygens (including phenoxy) is 1. The molecule has 1 fully saturated rings. The summed E-state index contributed by atoms with van der Waals surface area (Å²) < 4.78 is 43.0. The van der Waals surface area contributed by atoms with Crippen LogP contribution in [0.5, 0.6) is 0 Å². The number of carbonyl (C=O) groups excluding carboxylic acids is 1. The van der Waals surface area contributed by atoms with Crippen molar-refractivity contribution in [3.63, 3.8) is 0 Å². The van der Waals surface area contributed by atoms with Gasteiger partial charge in [-0.15, -0.1) is 24.0 Å². The van der Waals surface area contributed by atoms with Crippen LogP contribution in [-0.2, 0) is 9.53 Å². The van der Waals surface area contributed by atoms with Crippen LogP contribution in [0.4, 0.5) is 13.2 Å². The van der Waals surface area contributed by atoms with Crippen molar-refractivity contribution in [2.24, 2.45) is 10.9 Å². The van der Waals surface area contributed by atoms with Gasteiger partial charge in [0, 0.05) is 47.4 Å². The minimum Gasteiger partial charge on any atom is -0.383 e. The molecule has 1 N–H and O–H groups in total. The Morgan fingerprint density at radius 3 is 2.57 bits per heavy atom. The van der Waals surface area contributed by atoms with E-state index in [0.717, 1.165) is 6.42 Å². The summed E-state index contributed by atoms with van der Waals surface area (Å²) >= 11 is 0. The first-order valence-electron chi connectivity index (χ1n) is 9.17. The van der Waals surface area contributed by atoms with E-state index in [1.807, 2.05) is 4.90 Å². The smallest absolute Gasteiger partial charge is 0.383 e. The van der Waals surface area contributed by atoms with E-state index >= 15 is 0 Å². The maximum Gasteiger partial charge on any atom is 0.401 e. The second-order valence-electron chi connectivity index (χ2n) is 6.89.